The summed E-state index contributed by atoms with van der Waals surface area (Å²) in [6.45, 7) is 0.470. The summed E-state index contributed by atoms with van der Waals surface area (Å²) in [5.74, 6) is 0. The van der Waals surface area contributed by atoms with Crippen molar-refractivity contribution in [2.75, 3.05) is 11.1 Å². The molecule has 0 unspecified atom stereocenters. The molecule has 1 aromatic heterocycles. The van der Waals surface area contributed by atoms with Crippen LogP contribution in [-0.2, 0) is 6.54 Å². The molecule has 0 saturated heterocycles. The lowest BCUT2D eigenvalue weighted by atomic mass is 10.1. The van der Waals surface area contributed by atoms with Crippen molar-refractivity contribution in [3.05, 3.63) is 44.5 Å². The fraction of sp³-hybridized carbons (Fsp3) is 0.0909. The van der Waals surface area contributed by atoms with Crippen LogP contribution >= 0.6 is 11.3 Å². The number of thiazole rings is 1. The van der Waals surface area contributed by atoms with E-state index in [0.29, 0.717) is 23.5 Å². The van der Waals surface area contributed by atoms with Gasteiger partial charge in [0.25, 0.3) is 0 Å². The summed E-state index contributed by atoms with van der Waals surface area (Å²) in [5, 5.41) is 13.8. The Morgan fingerprint density at radius 2 is 2.35 bits per heavy atom. The van der Waals surface area contributed by atoms with Crippen LogP contribution < -0.4 is 15.9 Å². The van der Waals surface area contributed by atoms with Gasteiger partial charge in [-0.05, 0) is 18.2 Å². The van der Waals surface area contributed by atoms with Crippen LogP contribution in [0.5, 0.6) is 0 Å². The van der Waals surface area contributed by atoms with Gasteiger partial charge in [-0.15, -0.1) is 0 Å². The number of aromatic nitrogens is 1. The second kappa shape index (κ2) is 4.72. The van der Waals surface area contributed by atoms with E-state index in [1.807, 2.05) is 0 Å². The zero-order valence-electron chi connectivity index (χ0n) is 8.86. The highest BCUT2D eigenvalue weighted by molar-refractivity contribution is 7.07. The molecule has 1 aromatic carbocycles. The monoisotopic (exact) mass is 246 g/mol. The second-order valence-electron chi connectivity index (χ2n) is 3.44. The van der Waals surface area contributed by atoms with E-state index in [9.17, 15) is 4.79 Å². The Hall–Kier alpha value is -2.26. The maximum absolute atomic E-state index is 10.9. The summed E-state index contributed by atoms with van der Waals surface area (Å²) in [6.07, 6.45) is 0. The minimum Gasteiger partial charge on any atom is -0.399 e. The van der Waals surface area contributed by atoms with Gasteiger partial charge in [-0.2, -0.15) is 5.26 Å². The summed E-state index contributed by atoms with van der Waals surface area (Å²) in [7, 11) is 0. The quantitative estimate of drug-likeness (QED) is 0.715. The predicted molar refractivity (Wildman–Crippen MR) is 67.8 cm³/mol. The molecule has 0 atom stereocenters. The van der Waals surface area contributed by atoms with Crippen molar-refractivity contribution in [2.45, 2.75) is 6.54 Å². The smallest absolute Gasteiger partial charge is 0.304 e. The molecule has 0 fully saturated rings. The molecular formula is C11H10N4OS. The molecule has 2 rings (SSSR count). The van der Waals surface area contributed by atoms with Crippen LogP contribution in [0.15, 0.2) is 28.4 Å². The largest absolute Gasteiger partial charge is 0.399 e. The van der Waals surface area contributed by atoms with Crippen molar-refractivity contribution in [2.24, 2.45) is 0 Å². The third-order valence-corrected chi connectivity index (χ3v) is 2.92. The average Bonchev–Trinajstić information content (AvgIpc) is 2.73. The van der Waals surface area contributed by atoms with E-state index in [0.717, 1.165) is 17.0 Å². The predicted octanol–water partition coefficient (Wildman–Crippen LogP) is 1.50. The van der Waals surface area contributed by atoms with E-state index in [-0.39, 0.29) is 4.87 Å². The molecule has 86 valence electrons. The number of H-pyrrole nitrogens is 1. The SMILES string of the molecule is N#Cc1cc(N)ccc1NCc1csc(=O)[nH]1. The van der Waals surface area contributed by atoms with E-state index in [1.54, 1.807) is 23.6 Å². The lowest BCUT2D eigenvalue weighted by Crippen LogP contribution is -2.04. The first-order valence-corrected chi connectivity index (χ1v) is 5.77. The molecule has 6 heteroatoms. The van der Waals surface area contributed by atoms with Crippen LogP contribution in [0.4, 0.5) is 11.4 Å². The maximum Gasteiger partial charge on any atom is 0.304 e. The summed E-state index contributed by atoms with van der Waals surface area (Å²) in [6, 6.07) is 7.15. The van der Waals surface area contributed by atoms with E-state index < -0.39 is 0 Å². The van der Waals surface area contributed by atoms with Gasteiger partial charge in [0.15, 0.2) is 0 Å². The van der Waals surface area contributed by atoms with Crippen LogP contribution in [0.1, 0.15) is 11.3 Å². The Morgan fingerprint density at radius 1 is 1.53 bits per heavy atom. The van der Waals surface area contributed by atoms with Gasteiger partial charge in [0.05, 0.1) is 17.8 Å². The first-order valence-electron chi connectivity index (χ1n) is 4.89. The van der Waals surface area contributed by atoms with Gasteiger partial charge >= 0.3 is 4.87 Å². The number of rotatable bonds is 3. The summed E-state index contributed by atoms with van der Waals surface area (Å²) >= 11 is 1.12. The van der Waals surface area contributed by atoms with Crippen molar-refractivity contribution >= 4 is 22.7 Å². The van der Waals surface area contributed by atoms with Gasteiger partial charge in [-0.1, -0.05) is 11.3 Å². The summed E-state index contributed by atoms with van der Waals surface area (Å²) in [5.41, 5.74) is 8.12. The lowest BCUT2D eigenvalue weighted by Gasteiger charge is -2.07. The standard InChI is InChI=1S/C11H10N4OS/c12-4-7-3-8(13)1-2-10(7)14-5-9-6-17-11(16)15-9/h1-3,6,14H,5,13H2,(H,15,16). The maximum atomic E-state index is 10.9. The number of hydrogen-bond donors (Lipinski definition) is 3. The Balaban J connectivity index is 2.14. The van der Waals surface area contributed by atoms with Gasteiger partial charge in [0, 0.05) is 16.8 Å². The Bertz CT molecular complexity index is 623. The Labute approximate surface area is 102 Å². The highest BCUT2D eigenvalue weighted by Gasteiger charge is 2.03. The highest BCUT2D eigenvalue weighted by Crippen LogP contribution is 2.18. The molecule has 17 heavy (non-hydrogen) atoms. The molecule has 0 saturated carbocycles. The fourth-order valence-electron chi connectivity index (χ4n) is 1.40. The van der Waals surface area contributed by atoms with Gasteiger partial charge in [-0.25, -0.2) is 0 Å². The molecule has 5 nitrogen and oxygen atoms in total. The Kier molecular flexibility index (Phi) is 3.12. The highest BCUT2D eigenvalue weighted by atomic mass is 32.1. The zero-order valence-corrected chi connectivity index (χ0v) is 9.67. The van der Waals surface area contributed by atoms with E-state index in [1.165, 1.54) is 0 Å². The molecule has 0 amide bonds. The first-order chi connectivity index (χ1) is 8.19. The third-order valence-electron chi connectivity index (χ3n) is 2.20. The minimum atomic E-state index is -0.0837. The number of hydrogen-bond acceptors (Lipinski definition) is 5. The number of nitrogens with zero attached hydrogens (tertiary/aromatic N) is 1. The van der Waals surface area contributed by atoms with Crippen molar-refractivity contribution in [1.29, 1.82) is 5.26 Å². The minimum absolute atomic E-state index is 0.0837. The number of benzene rings is 1. The van der Waals surface area contributed by atoms with Crippen LogP contribution in [0.2, 0.25) is 0 Å². The molecule has 0 spiro atoms. The van der Waals surface area contributed by atoms with Crippen molar-refractivity contribution < 1.29 is 0 Å². The van der Waals surface area contributed by atoms with Crippen molar-refractivity contribution in [3.8, 4) is 6.07 Å². The normalized spacial score (nSPS) is 9.82. The van der Waals surface area contributed by atoms with E-state index in [4.69, 9.17) is 11.0 Å². The van der Waals surface area contributed by atoms with E-state index >= 15 is 0 Å². The Morgan fingerprint density at radius 3 is 3.00 bits per heavy atom. The van der Waals surface area contributed by atoms with Crippen LogP contribution in [0, 0.1) is 11.3 Å². The number of nitrogens with two attached hydrogens (primary N) is 1. The van der Waals surface area contributed by atoms with Gasteiger partial charge in [-0.3, -0.25) is 4.79 Å². The van der Waals surface area contributed by atoms with Crippen LogP contribution in [0.3, 0.4) is 0 Å². The molecule has 0 aliphatic carbocycles. The van der Waals surface area contributed by atoms with Gasteiger partial charge < -0.3 is 16.0 Å². The molecule has 0 aliphatic heterocycles. The average molecular weight is 246 g/mol. The zero-order chi connectivity index (χ0) is 12.3. The molecule has 0 bridgehead atoms. The molecule has 1 heterocycles. The van der Waals surface area contributed by atoms with Crippen molar-refractivity contribution in [3.63, 3.8) is 0 Å². The number of nitriles is 1. The van der Waals surface area contributed by atoms with Crippen molar-refractivity contribution in [1.82, 2.24) is 4.98 Å². The topological polar surface area (TPSA) is 94.7 Å². The lowest BCUT2D eigenvalue weighted by molar-refractivity contribution is 1.06. The molecule has 0 radical (unpaired) electrons. The van der Waals surface area contributed by atoms with Gasteiger partial charge in [0.2, 0.25) is 0 Å². The molecule has 0 aliphatic rings. The summed E-state index contributed by atoms with van der Waals surface area (Å²) in [4.78, 5) is 13.5. The van der Waals surface area contributed by atoms with Crippen LogP contribution in [-0.4, -0.2) is 4.98 Å². The third kappa shape index (κ3) is 2.65. The summed E-state index contributed by atoms with van der Waals surface area (Å²) < 4.78 is 0. The van der Waals surface area contributed by atoms with E-state index in [2.05, 4.69) is 16.4 Å². The number of nitrogens with one attached hydrogen (secondary N) is 2. The van der Waals surface area contributed by atoms with Gasteiger partial charge in [0.1, 0.15) is 6.07 Å². The number of anilines is 2. The fourth-order valence-corrected chi connectivity index (χ4v) is 1.98. The molecule has 4 N–H and O–H groups in total. The van der Waals surface area contributed by atoms with Crippen LogP contribution in [0.25, 0.3) is 0 Å². The second-order valence-corrected chi connectivity index (χ2v) is 4.29. The number of aromatic amines is 1. The molecule has 2 aromatic rings. The first kappa shape index (κ1) is 11.2. The number of nitrogen functional groups attached to an aromatic ring is 1. The molecular weight excluding hydrogens is 236 g/mol.